The summed E-state index contributed by atoms with van der Waals surface area (Å²) >= 11 is 3.55. The molecule has 1 aliphatic heterocycles. The van der Waals surface area contributed by atoms with Gasteiger partial charge in [0.2, 0.25) is 0 Å². The number of benzene rings is 1. The van der Waals surface area contributed by atoms with Gasteiger partial charge in [0.25, 0.3) is 0 Å². The molecule has 2 rings (SSSR count). The highest BCUT2D eigenvalue weighted by atomic mass is 79.9. The van der Waals surface area contributed by atoms with Crippen LogP contribution in [0.15, 0.2) is 22.7 Å². The van der Waals surface area contributed by atoms with Crippen LogP contribution in [0.25, 0.3) is 0 Å². The summed E-state index contributed by atoms with van der Waals surface area (Å²) in [6.07, 6.45) is 0.602. The lowest BCUT2D eigenvalue weighted by molar-refractivity contribution is 0.199. The standard InChI is InChI=1S/C13H18BrNO2/c1-9(17)11-2-3-13(12(14)6-11)15-5-4-10(7-15)8-16/h2-3,6,9-10,16-17H,4-5,7-8H2,1H3. The number of aliphatic hydroxyl groups excluding tert-OH is 2. The van der Waals surface area contributed by atoms with E-state index in [1.807, 2.05) is 18.2 Å². The minimum absolute atomic E-state index is 0.264. The SMILES string of the molecule is CC(O)c1ccc(N2CCC(CO)C2)c(Br)c1. The molecular formula is C13H18BrNO2. The topological polar surface area (TPSA) is 43.7 Å². The highest BCUT2D eigenvalue weighted by Gasteiger charge is 2.23. The van der Waals surface area contributed by atoms with Crippen LogP contribution in [0, 0.1) is 5.92 Å². The first-order chi connectivity index (χ1) is 8.11. The molecule has 1 heterocycles. The first-order valence-electron chi connectivity index (χ1n) is 5.95. The third-order valence-electron chi connectivity index (χ3n) is 3.34. The Balaban J connectivity index is 2.17. The molecule has 1 aromatic rings. The van der Waals surface area contributed by atoms with E-state index < -0.39 is 6.10 Å². The summed E-state index contributed by atoms with van der Waals surface area (Å²) in [5, 5.41) is 18.7. The van der Waals surface area contributed by atoms with Crippen LogP contribution in [0.5, 0.6) is 0 Å². The molecule has 3 nitrogen and oxygen atoms in total. The zero-order valence-electron chi connectivity index (χ0n) is 9.93. The monoisotopic (exact) mass is 299 g/mol. The lowest BCUT2D eigenvalue weighted by Crippen LogP contribution is -2.21. The zero-order chi connectivity index (χ0) is 12.4. The van der Waals surface area contributed by atoms with Gasteiger partial charge >= 0.3 is 0 Å². The fourth-order valence-electron chi connectivity index (χ4n) is 2.24. The maximum atomic E-state index is 9.52. The van der Waals surface area contributed by atoms with E-state index in [9.17, 15) is 5.11 Å². The highest BCUT2D eigenvalue weighted by molar-refractivity contribution is 9.10. The molecule has 1 aliphatic rings. The Hall–Kier alpha value is -0.580. The van der Waals surface area contributed by atoms with Crippen LogP contribution in [-0.4, -0.2) is 29.9 Å². The van der Waals surface area contributed by atoms with Gasteiger partial charge in [-0.1, -0.05) is 6.07 Å². The summed E-state index contributed by atoms with van der Waals surface area (Å²) in [7, 11) is 0. The molecule has 1 fully saturated rings. The van der Waals surface area contributed by atoms with E-state index in [2.05, 4.69) is 20.8 Å². The van der Waals surface area contributed by atoms with Crippen molar-refractivity contribution < 1.29 is 10.2 Å². The smallest absolute Gasteiger partial charge is 0.0762 e. The maximum Gasteiger partial charge on any atom is 0.0762 e. The average molecular weight is 300 g/mol. The predicted octanol–water partition coefficient (Wildman–Crippen LogP) is 2.32. The van der Waals surface area contributed by atoms with Crippen LogP contribution in [0.1, 0.15) is 25.0 Å². The van der Waals surface area contributed by atoms with Crippen molar-refractivity contribution in [2.75, 3.05) is 24.6 Å². The molecule has 0 amide bonds. The molecule has 2 N–H and O–H groups in total. The number of hydrogen-bond donors (Lipinski definition) is 2. The van der Waals surface area contributed by atoms with Crippen molar-refractivity contribution >= 4 is 21.6 Å². The van der Waals surface area contributed by atoms with Gasteiger partial charge in [0, 0.05) is 30.1 Å². The second-order valence-electron chi connectivity index (χ2n) is 4.67. The van der Waals surface area contributed by atoms with E-state index in [1.54, 1.807) is 6.92 Å². The lowest BCUT2D eigenvalue weighted by atomic mass is 10.1. The number of rotatable bonds is 3. The summed E-state index contributed by atoms with van der Waals surface area (Å²) in [4.78, 5) is 2.27. The van der Waals surface area contributed by atoms with Gasteiger partial charge in [0.1, 0.15) is 0 Å². The molecule has 0 bridgehead atoms. The molecule has 0 aromatic heterocycles. The first kappa shape index (κ1) is 12.9. The van der Waals surface area contributed by atoms with Gasteiger partial charge < -0.3 is 15.1 Å². The normalized spacial score (nSPS) is 21.9. The van der Waals surface area contributed by atoms with Gasteiger partial charge in [-0.3, -0.25) is 0 Å². The third-order valence-corrected chi connectivity index (χ3v) is 3.97. The van der Waals surface area contributed by atoms with Crippen molar-refractivity contribution in [2.24, 2.45) is 5.92 Å². The molecule has 0 saturated carbocycles. The minimum Gasteiger partial charge on any atom is -0.396 e. The number of aliphatic hydroxyl groups is 2. The summed E-state index contributed by atoms with van der Waals surface area (Å²) in [6.45, 7) is 3.92. The van der Waals surface area contributed by atoms with Crippen LogP contribution in [0.3, 0.4) is 0 Å². The molecule has 2 atom stereocenters. The average Bonchev–Trinajstić information content (AvgIpc) is 2.77. The number of anilines is 1. The molecule has 1 aromatic carbocycles. The molecule has 94 valence electrons. The molecule has 4 heteroatoms. The fraction of sp³-hybridized carbons (Fsp3) is 0.538. The Morgan fingerprint density at radius 2 is 2.29 bits per heavy atom. The van der Waals surface area contributed by atoms with E-state index in [0.717, 1.165) is 35.2 Å². The molecule has 0 aliphatic carbocycles. The first-order valence-corrected chi connectivity index (χ1v) is 6.74. The van der Waals surface area contributed by atoms with Crippen LogP contribution in [0.2, 0.25) is 0 Å². The van der Waals surface area contributed by atoms with E-state index in [4.69, 9.17) is 5.11 Å². The largest absolute Gasteiger partial charge is 0.396 e. The Morgan fingerprint density at radius 3 is 2.82 bits per heavy atom. The van der Waals surface area contributed by atoms with Crippen molar-refractivity contribution in [1.82, 2.24) is 0 Å². The van der Waals surface area contributed by atoms with Gasteiger partial charge in [0.05, 0.1) is 11.8 Å². The van der Waals surface area contributed by atoms with Gasteiger partial charge in [-0.05, 0) is 47.0 Å². The summed E-state index contributed by atoms with van der Waals surface area (Å²) in [5.41, 5.74) is 2.06. The van der Waals surface area contributed by atoms with Gasteiger partial charge in [-0.2, -0.15) is 0 Å². The highest BCUT2D eigenvalue weighted by Crippen LogP contribution is 2.32. The molecule has 0 radical (unpaired) electrons. The van der Waals surface area contributed by atoms with Gasteiger partial charge in [-0.15, -0.1) is 0 Å². The second-order valence-corrected chi connectivity index (χ2v) is 5.52. The van der Waals surface area contributed by atoms with Crippen molar-refractivity contribution in [2.45, 2.75) is 19.4 Å². The Kier molecular flexibility index (Phi) is 4.07. The maximum absolute atomic E-state index is 9.52. The van der Waals surface area contributed by atoms with E-state index >= 15 is 0 Å². The van der Waals surface area contributed by atoms with Crippen LogP contribution >= 0.6 is 15.9 Å². The summed E-state index contributed by atoms with van der Waals surface area (Å²) in [6, 6.07) is 5.95. The zero-order valence-corrected chi connectivity index (χ0v) is 11.5. The van der Waals surface area contributed by atoms with E-state index in [-0.39, 0.29) is 6.61 Å². The van der Waals surface area contributed by atoms with Crippen molar-refractivity contribution in [3.8, 4) is 0 Å². The Morgan fingerprint density at radius 1 is 1.53 bits per heavy atom. The summed E-state index contributed by atoms with van der Waals surface area (Å²) in [5.74, 6) is 0.387. The van der Waals surface area contributed by atoms with Gasteiger partial charge in [0.15, 0.2) is 0 Å². The van der Waals surface area contributed by atoms with E-state index in [0.29, 0.717) is 5.92 Å². The van der Waals surface area contributed by atoms with Crippen molar-refractivity contribution in [1.29, 1.82) is 0 Å². The minimum atomic E-state index is -0.441. The Bertz CT molecular complexity index is 395. The molecule has 2 unspecified atom stereocenters. The number of halogens is 1. The Labute approximate surface area is 110 Å². The molecule has 17 heavy (non-hydrogen) atoms. The van der Waals surface area contributed by atoms with Crippen LogP contribution in [0.4, 0.5) is 5.69 Å². The van der Waals surface area contributed by atoms with Crippen LogP contribution in [-0.2, 0) is 0 Å². The lowest BCUT2D eigenvalue weighted by Gasteiger charge is -2.21. The van der Waals surface area contributed by atoms with Crippen molar-refractivity contribution in [3.63, 3.8) is 0 Å². The van der Waals surface area contributed by atoms with Crippen molar-refractivity contribution in [3.05, 3.63) is 28.2 Å². The predicted molar refractivity (Wildman–Crippen MR) is 72.2 cm³/mol. The molecule has 0 spiro atoms. The number of nitrogens with zero attached hydrogens (tertiary/aromatic N) is 1. The fourth-order valence-corrected chi connectivity index (χ4v) is 2.89. The molecular weight excluding hydrogens is 282 g/mol. The molecule has 1 saturated heterocycles. The van der Waals surface area contributed by atoms with Crippen LogP contribution < -0.4 is 4.90 Å². The number of hydrogen-bond acceptors (Lipinski definition) is 3. The van der Waals surface area contributed by atoms with E-state index in [1.165, 1.54) is 0 Å². The van der Waals surface area contributed by atoms with Gasteiger partial charge in [-0.25, -0.2) is 0 Å². The summed E-state index contributed by atoms with van der Waals surface area (Å²) < 4.78 is 1.01. The second kappa shape index (κ2) is 5.38. The third kappa shape index (κ3) is 2.81. The quantitative estimate of drug-likeness (QED) is 0.900.